The first-order chi connectivity index (χ1) is 23.7. The molecule has 4 aromatic heterocycles. The Morgan fingerprint density at radius 2 is 0.837 bits per heavy atom. The lowest BCUT2D eigenvalue weighted by molar-refractivity contribution is 0.350. The Morgan fingerprint density at radius 1 is 0.429 bits per heavy atom. The maximum atomic E-state index is 5.25. The van der Waals surface area contributed by atoms with E-state index in [1.165, 1.54) is 22.3 Å². The molecule has 49 heavy (non-hydrogen) atoms. The van der Waals surface area contributed by atoms with Crippen LogP contribution in [0.25, 0.3) is 66.1 Å². The van der Waals surface area contributed by atoms with Gasteiger partial charge in [-0.05, 0) is 82.3 Å². The van der Waals surface area contributed by atoms with Gasteiger partial charge in [0.1, 0.15) is 0 Å². The standard InChI is InChI=1S/C45H36N4/c1-43(2)25-45(35-23-31(13-17-33(35)43)37-19-15-29-11-9-27-7-5-21-46-39(27)41(29)48-37)26-44(3,4)34-18-14-32(24-36(34)45)38-20-16-30-12-10-28-8-6-22-47-40(28)42(30)49-38/h5-24H,25-26H2,1-4H3. The molecular weight excluding hydrogens is 597 g/mol. The van der Waals surface area contributed by atoms with Crippen LogP contribution in [-0.2, 0) is 16.2 Å². The highest BCUT2D eigenvalue weighted by Gasteiger charge is 2.56. The van der Waals surface area contributed by atoms with Crippen molar-refractivity contribution in [3.8, 4) is 22.5 Å². The molecule has 0 amide bonds. The molecule has 10 rings (SSSR count). The molecule has 0 fully saturated rings. The van der Waals surface area contributed by atoms with Crippen LogP contribution in [-0.4, -0.2) is 19.9 Å². The topological polar surface area (TPSA) is 51.6 Å². The van der Waals surface area contributed by atoms with Gasteiger partial charge in [-0.1, -0.05) is 100 Å². The average Bonchev–Trinajstić information content (AvgIpc) is 3.49. The summed E-state index contributed by atoms with van der Waals surface area (Å²) in [6, 6.07) is 39.7. The van der Waals surface area contributed by atoms with Crippen molar-refractivity contribution in [2.75, 3.05) is 0 Å². The van der Waals surface area contributed by atoms with E-state index in [-0.39, 0.29) is 16.2 Å². The number of fused-ring (bicyclic) bond motifs is 10. The summed E-state index contributed by atoms with van der Waals surface area (Å²) in [5, 5.41) is 4.44. The number of nitrogens with zero attached hydrogens (tertiary/aromatic N) is 4. The molecule has 0 saturated carbocycles. The van der Waals surface area contributed by atoms with Crippen LogP contribution < -0.4 is 0 Å². The number of hydrogen-bond donors (Lipinski definition) is 0. The van der Waals surface area contributed by atoms with Gasteiger partial charge in [-0.25, -0.2) is 9.97 Å². The Kier molecular flexibility index (Phi) is 5.70. The maximum absolute atomic E-state index is 5.25. The van der Waals surface area contributed by atoms with E-state index >= 15 is 0 Å². The van der Waals surface area contributed by atoms with Crippen LogP contribution in [0.15, 0.2) is 122 Å². The molecule has 236 valence electrons. The van der Waals surface area contributed by atoms with Gasteiger partial charge < -0.3 is 0 Å². The number of pyridine rings is 4. The summed E-state index contributed by atoms with van der Waals surface area (Å²) >= 11 is 0. The predicted octanol–water partition coefficient (Wildman–Crippen LogP) is 10.9. The fourth-order valence-corrected chi connectivity index (χ4v) is 9.44. The minimum Gasteiger partial charge on any atom is -0.254 e. The second-order valence-corrected chi connectivity index (χ2v) is 15.5. The van der Waals surface area contributed by atoms with E-state index in [4.69, 9.17) is 19.9 Å². The Hall–Kier alpha value is -5.48. The van der Waals surface area contributed by atoms with Gasteiger partial charge in [-0.15, -0.1) is 0 Å². The van der Waals surface area contributed by atoms with Crippen LogP contribution in [0, 0.1) is 0 Å². The lowest BCUT2D eigenvalue weighted by Crippen LogP contribution is -2.27. The SMILES string of the molecule is CC1(C)CC2(CC(C)(C)c3ccc(-c4ccc5ccc6cccnc6c5n4)cc32)c2cc(-c3ccc4ccc5cccnc5c4n3)ccc21. The maximum Gasteiger partial charge on any atom is 0.0972 e. The number of aromatic nitrogens is 4. The molecule has 4 aromatic carbocycles. The minimum atomic E-state index is -0.111. The zero-order valence-electron chi connectivity index (χ0n) is 28.3. The third-order valence-electron chi connectivity index (χ3n) is 11.5. The molecule has 1 spiro atoms. The van der Waals surface area contributed by atoms with Crippen molar-refractivity contribution >= 4 is 43.6 Å². The van der Waals surface area contributed by atoms with Crippen molar-refractivity contribution in [3.05, 3.63) is 144 Å². The second kappa shape index (κ2) is 9.79. The van der Waals surface area contributed by atoms with E-state index in [9.17, 15) is 0 Å². The van der Waals surface area contributed by atoms with E-state index in [2.05, 4.69) is 125 Å². The van der Waals surface area contributed by atoms with E-state index in [0.717, 1.165) is 79.0 Å². The van der Waals surface area contributed by atoms with Crippen LogP contribution in [0.1, 0.15) is 62.8 Å². The Bertz CT molecular complexity index is 2500. The van der Waals surface area contributed by atoms with Crippen molar-refractivity contribution in [2.24, 2.45) is 0 Å². The molecule has 4 heterocycles. The summed E-state index contributed by atoms with van der Waals surface area (Å²) in [5.41, 5.74) is 13.8. The molecule has 0 aliphatic heterocycles. The highest BCUT2D eigenvalue weighted by Crippen LogP contribution is 2.63. The van der Waals surface area contributed by atoms with E-state index in [0.29, 0.717) is 0 Å². The molecule has 2 aliphatic rings. The smallest absolute Gasteiger partial charge is 0.0972 e. The third-order valence-corrected chi connectivity index (χ3v) is 11.5. The van der Waals surface area contributed by atoms with Crippen LogP contribution >= 0.6 is 0 Å². The van der Waals surface area contributed by atoms with Crippen LogP contribution in [0.5, 0.6) is 0 Å². The summed E-state index contributed by atoms with van der Waals surface area (Å²) in [6.07, 6.45) is 5.85. The largest absolute Gasteiger partial charge is 0.254 e. The predicted molar refractivity (Wildman–Crippen MR) is 201 cm³/mol. The first-order valence-electron chi connectivity index (χ1n) is 17.3. The van der Waals surface area contributed by atoms with Crippen molar-refractivity contribution in [3.63, 3.8) is 0 Å². The fourth-order valence-electron chi connectivity index (χ4n) is 9.44. The van der Waals surface area contributed by atoms with Gasteiger partial charge in [0, 0.05) is 50.5 Å². The van der Waals surface area contributed by atoms with Crippen molar-refractivity contribution in [1.29, 1.82) is 0 Å². The van der Waals surface area contributed by atoms with Crippen molar-refractivity contribution < 1.29 is 0 Å². The molecule has 0 atom stereocenters. The van der Waals surface area contributed by atoms with Gasteiger partial charge in [0.15, 0.2) is 0 Å². The third kappa shape index (κ3) is 4.10. The van der Waals surface area contributed by atoms with Crippen LogP contribution in [0.2, 0.25) is 0 Å². The molecule has 0 radical (unpaired) electrons. The zero-order chi connectivity index (χ0) is 33.1. The molecule has 8 aromatic rings. The fraction of sp³-hybridized carbons (Fsp3) is 0.200. The molecule has 4 heteroatoms. The van der Waals surface area contributed by atoms with Crippen molar-refractivity contribution in [2.45, 2.75) is 56.8 Å². The highest BCUT2D eigenvalue weighted by molar-refractivity contribution is 6.04. The summed E-state index contributed by atoms with van der Waals surface area (Å²) in [5.74, 6) is 0. The molecule has 4 nitrogen and oxygen atoms in total. The second-order valence-electron chi connectivity index (χ2n) is 15.5. The van der Waals surface area contributed by atoms with Gasteiger partial charge >= 0.3 is 0 Å². The number of benzene rings is 4. The van der Waals surface area contributed by atoms with Gasteiger partial charge in [0.05, 0.1) is 33.5 Å². The monoisotopic (exact) mass is 632 g/mol. The average molecular weight is 633 g/mol. The number of hydrogen-bond acceptors (Lipinski definition) is 4. The molecule has 0 unspecified atom stereocenters. The van der Waals surface area contributed by atoms with Gasteiger partial charge in [0.2, 0.25) is 0 Å². The minimum absolute atomic E-state index is 0.0320. The summed E-state index contributed by atoms with van der Waals surface area (Å²) < 4.78 is 0. The molecule has 0 saturated heterocycles. The normalized spacial score (nSPS) is 16.9. The molecule has 2 aliphatic carbocycles. The van der Waals surface area contributed by atoms with E-state index in [1.807, 2.05) is 24.5 Å². The van der Waals surface area contributed by atoms with Crippen LogP contribution in [0.3, 0.4) is 0 Å². The lowest BCUT2D eigenvalue weighted by atomic mass is 9.72. The van der Waals surface area contributed by atoms with Gasteiger partial charge in [-0.2, -0.15) is 0 Å². The molecule has 0 N–H and O–H groups in total. The van der Waals surface area contributed by atoms with Gasteiger partial charge in [0.25, 0.3) is 0 Å². The number of rotatable bonds is 2. The van der Waals surface area contributed by atoms with E-state index in [1.54, 1.807) is 0 Å². The zero-order valence-corrected chi connectivity index (χ0v) is 28.3. The first kappa shape index (κ1) is 28.5. The summed E-state index contributed by atoms with van der Waals surface area (Å²) in [7, 11) is 0. The lowest BCUT2D eigenvalue weighted by Gasteiger charge is -2.31. The molecular formula is C45H36N4. The van der Waals surface area contributed by atoms with E-state index < -0.39 is 0 Å². The van der Waals surface area contributed by atoms with Gasteiger partial charge in [-0.3, -0.25) is 9.97 Å². The Morgan fingerprint density at radius 3 is 1.29 bits per heavy atom. The van der Waals surface area contributed by atoms with Crippen LogP contribution in [0.4, 0.5) is 0 Å². The summed E-state index contributed by atoms with van der Waals surface area (Å²) in [4.78, 5) is 19.9. The molecule has 0 bridgehead atoms. The Balaban J connectivity index is 1.15. The summed E-state index contributed by atoms with van der Waals surface area (Å²) in [6.45, 7) is 9.68. The quantitative estimate of drug-likeness (QED) is 0.178. The first-order valence-corrected chi connectivity index (χ1v) is 17.3. The highest BCUT2D eigenvalue weighted by atomic mass is 14.8. The Labute approximate surface area is 285 Å². The van der Waals surface area contributed by atoms with Crippen molar-refractivity contribution in [1.82, 2.24) is 19.9 Å².